The van der Waals surface area contributed by atoms with Gasteiger partial charge in [0.25, 0.3) is 0 Å². The number of nitrogens with zero attached hydrogens (tertiary/aromatic N) is 2. The van der Waals surface area contributed by atoms with E-state index in [4.69, 9.17) is 23.2 Å². The van der Waals surface area contributed by atoms with Crippen LogP contribution in [0.2, 0.25) is 10.4 Å². The summed E-state index contributed by atoms with van der Waals surface area (Å²) in [6.45, 7) is 1.84. The molecule has 0 bridgehead atoms. The Bertz CT molecular complexity index is 560. The third-order valence-electron chi connectivity index (χ3n) is 2.05. The van der Waals surface area contributed by atoms with Gasteiger partial charge in [0.2, 0.25) is 5.28 Å². The van der Waals surface area contributed by atoms with Crippen LogP contribution in [0.1, 0.15) is 5.56 Å². The highest BCUT2D eigenvalue weighted by Crippen LogP contribution is 2.30. The summed E-state index contributed by atoms with van der Waals surface area (Å²) in [6, 6.07) is 1.40. The van der Waals surface area contributed by atoms with E-state index in [1.54, 1.807) is 0 Å². The van der Waals surface area contributed by atoms with Gasteiger partial charge in [0.1, 0.15) is 10.7 Å². The van der Waals surface area contributed by atoms with Crippen molar-refractivity contribution in [1.82, 2.24) is 9.97 Å². The Morgan fingerprint density at radius 1 is 1.33 bits per heavy atom. The molecule has 0 spiro atoms. The first kappa shape index (κ1) is 11.3. The fraction of sp³-hybridized carbons (Fsp3) is 0.111. The number of fused-ring (bicyclic) bond motifs is 1. The number of aromatic nitrogens is 2. The first-order chi connectivity index (χ1) is 7.00. The smallest absolute Gasteiger partial charge is 0.215 e. The molecule has 6 heteroatoms. The molecule has 0 radical (unpaired) electrons. The highest BCUT2D eigenvalue weighted by atomic mass is 127. The zero-order chi connectivity index (χ0) is 11.2. The van der Waals surface area contributed by atoms with Gasteiger partial charge in [-0.25, -0.2) is 14.4 Å². The van der Waals surface area contributed by atoms with Crippen LogP contribution in [0.5, 0.6) is 0 Å². The Hall–Kier alpha value is -0.200. The molecule has 0 saturated carbocycles. The lowest BCUT2D eigenvalue weighted by atomic mass is 10.1. The number of halogens is 4. The molecule has 1 aromatic carbocycles. The van der Waals surface area contributed by atoms with Crippen LogP contribution in [-0.4, -0.2) is 9.97 Å². The minimum absolute atomic E-state index is 0.0491. The van der Waals surface area contributed by atoms with Crippen LogP contribution in [-0.2, 0) is 0 Å². The quantitative estimate of drug-likeness (QED) is 0.405. The Balaban J connectivity index is 3.03. The summed E-state index contributed by atoms with van der Waals surface area (Å²) < 4.78 is 14.4. The summed E-state index contributed by atoms with van der Waals surface area (Å²) in [4.78, 5) is 7.62. The Kier molecular flexibility index (Phi) is 3.00. The highest BCUT2D eigenvalue weighted by Gasteiger charge is 2.14. The van der Waals surface area contributed by atoms with Gasteiger partial charge >= 0.3 is 0 Å². The van der Waals surface area contributed by atoms with Gasteiger partial charge in [0, 0.05) is 8.96 Å². The van der Waals surface area contributed by atoms with Crippen LogP contribution in [0, 0.1) is 16.3 Å². The predicted octanol–water partition coefficient (Wildman–Crippen LogP) is 3.99. The number of hydrogen-bond acceptors (Lipinski definition) is 2. The van der Waals surface area contributed by atoms with Crippen molar-refractivity contribution in [3.05, 3.63) is 31.5 Å². The van der Waals surface area contributed by atoms with Crippen LogP contribution >= 0.6 is 45.8 Å². The minimum atomic E-state index is -0.439. The minimum Gasteiger partial charge on any atom is -0.215 e. The van der Waals surface area contributed by atoms with E-state index in [1.165, 1.54) is 6.07 Å². The fourth-order valence-corrected chi connectivity index (χ4v) is 2.39. The molecule has 1 aromatic heterocycles. The lowest BCUT2D eigenvalue weighted by molar-refractivity contribution is 0.635. The van der Waals surface area contributed by atoms with E-state index in [0.717, 1.165) is 9.13 Å². The predicted molar refractivity (Wildman–Crippen MR) is 67.0 cm³/mol. The van der Waals surface area contributed by atoms with Crippen molar-refractivity contribution in [1.29, 1.82) is 0 Å². The first-order valence-electron chi connectivity index (χ1n) is 3.98. The molecule has 0 unspecified atom stereocenters. The fourth-order valence-electron chi connectivity index (χ4n) is 1.32. The number of benzene rings is 1. The molecule has 0 fully saturated rings. The molecule has 1 heterocycles. The van der Waals surface area contributed by atoms with Crippen molar-refractivity contribution < 1.29 is 4.39 Å². The van der Waals surface area contributed by atoms with Crippen LogP contribution in [0.3, 0.4) is 0 Å². The third kappa shape index (κ3) is 1.90. The van der Waals surface area contributed by atoms with Crippen molar-refractivity contribution in [2.75, 3.05) is 0 Å². The Morgan fingerprint density at radius 3 is 2.67 bits per heavy atom. The summed E-state index contributed by atoms with van der Waals surface area (Å²) in [5.41, 5.74) is 1.02. The van der Waals surface area contributed by atoms with Crippen molar-refractivity contribution in [3.63, 3.8) is 0 Å². The molecule has 78 valence electrons. The van der Waals surface area contributed by atoms with Gasteiger partial charge < -0.3 is 0 Å². The molecule has 0 aliphatic heterocycles. The van der Waals surface area contributed by atoms with E-state index in [0.29, 0.717) is 5.39 Å². The maximum atomic E-state index is 13.6. The second-order valence-electron chi connectivity index (χ2n) is 2.97. The van der Waals surface area contributed by atoms with E-state index >= 15 is 0 Å². The zero-order valence-corrected chi connectivity index (χ0v) is 11.2. The number of aryl methyl sites for hydroxylation is 1. The molecular weight excluding hydrogens is 353 g/mol. The van der Waals surface area contributed by atoms with Gasteiger partial charge in [-0.15, -0.1) is 0 Å². The molecule has 2 rings (SSSR count). The van der Waals surface area contributed by atoms with Crippen molar-refractivity contribution in [2.45, 2.75) is 6.92 Å². The van der Waals surface area contributed by atoms with Gasteiger partial charge in [0.15, 0.2) is 5.82 Å². The van der Waals surface area contributed by atoms with Crippen LogP contribution in [0.25, 0.3) is 10.9 Å². The van der Waals surface area contributed by atoms with Crippen LogP contribution < -0.4 is 0 Å². The maximum absolute atomic E-state index is 13.6. The molecule has 0 N–H and O–H groups in total. The summed E-state index contributed by atoms with van der Waals surface area (Å²) in [5.74, 6) is -0.439. The van der Waals surface area contributed by atoms with E-state index < -0.39 is 5.82 Å². The zero-order valence-electron chi connectivity index (χ0n) is 7.48. The largest absolute Gasteiger partial charge is 0.224 e. The molecule has 0 atom stereocenters. The highest BCUT2D eigenvalue weighted by molar-refractivity contribution is 14.1. The van der Waals surface area contributed by atoms with Crippen molar-refractivity contribution >= 4 is 56.7 Å². The molecule has 0 saturated heterocycles. The number of rotatable bonds is 0. The molecule has 2 nitrogen and oxygen atoms in total. The first-order valence-corrected chi connectivity index (χ1v) is 5.81. The molecule has 2 aromatic rings. The normalized spacial score (nSPS) is 11.0. The standard InChI is InChI=1S/C9H4Cl2FIN2/c1-3-5(13)2-4(12)7-6(3)8(10)15-9(11)14-7/h2H,1H3. The van der Waals surface area contributed by atoms with Gasteiger partial charge in [0.05, 0.1) is 0 Å². The summed E-state index contributed by atoms with van der Waals surface area (Å²) in [5, 5.41) is 0.650. The summed E-state index contributed by atoms with van der Waals surface area (Å²) in [7, 11) is 0. The second-order valence-corrected chi connectivity index (χ2v) is 4.83. The monoisotopic (exact) mass is 356 g/mol. The average Bonchev–Trinajstić information content (AvgIpc) is 2.13. The molecule has 0 amide bonds. The molecule has 15 heavy (non-hydrogen) atoms. The van der Waals surface area contributed by atoms with Crippen molar-refractivity contribution in [3.8, 4) is 0 Å². The van der Waals surface area contributed by atoms with Crippen LogP contribution in [0.4, 0.5) is 4.39 Å². The van der Waals surface area contributed by atoms with Crippen LogP contribution in [0.15, 0.2) is 6.07 Å². The topological polar surface area (TPSA) is 25.8 Å². The van der Waals surface area contributed by atoms with E-state index in [1.807, 2.05) is 29.5 Å². The SMILES string of the molecule is Cc1c(I)cc(F)c2nc(Cl)nc(Cl)c12. The lowest BCUT2D eigenvalue weighted by Gasteiger charge is -2.06. The molecular formula is C9H4Cl2FIN2. The Labute approximate surface area is 109 Å². The van der Waals surface area contributed by atoms with E-state index in [9.17, 15) is 4.39 Å². The van der Waals surface area contributed by atoms with E-state index in [-0.39, 0.29) is 16.0 Å². The van der Waals surface area contributed by atoms with Gasteiger partial charge in [-0.3, -0.25) is 0 Å². The summed E-state index contributed by atoms with van der Waals surface area (Å²) >= 11 is 13.6. The third-order valence-corrected chi connectivity index (χ3v) is 3.61. The van der Waals surface area contributed by atoms with Gasteiger partial charge in [-0.05, 0) is 52.7 Å². The average molecular weight is 357 g/mol. The van der Waals surface area contributed by atoms with Gasteiger partial charge in [-0.1, -0.05) is 11.6 Å². The molecule has 0 aliphatic rings. The van der Waals surface area contributed by atoms with Crippen molar-refractivity contribution in [2.24, 2.45) is 0 Å². The second kappa shape index (κ2) is 3.99. The molecule has 0 aliphatic carbocycles. The Morgan fingerprint density at radius 2 is 2.00 bits per heavy atom. The lowest BCUT2D eigenvalue weighted by Crippen LogP contribution is -1.95. The maximum Gasteiger partial charge on any atom is 0.224 e. The van der Waals surface area contributed by atoms with E-state index in [2.05, 4.69) is 9.97 Å². The summed E-state index contributed by atoms with van der Waals surface area (Å²) in [6.07, 6.45) is 0. The van der Waals surface area contributed by atoms with Gasteiger partial charge in [-0.2, -0.15) is 0 Å². The number of hydrogen-bond donors (Lipinski definition) is 0.